The van der Waals surface area contributed by atoms with Crippen LogP contribution in [0.5, 0.6) is 11.5 Å². The Morgan fingerprint density at radius 3 is 2.33 bits per heavy atom. The average Bonchev–Trinajstić information content (AvgIpc) is 2.70. The molecule has 2 aromatic carbocycles. The van der Waals surface area contributed by atoms with Crippen LogP contribution >= 0.6 is 0 Å². The summed E-state index contributed by atoms with van der Waals surface area (Å²) in [6.07, 6.45) is 0. The van der Waals surface area contributed by atoms with E-state index in [4.69, 9.17) is 4.74 Å². The van der Waals surface area contributed by atoms with Crippen molar-refractivity contribution < 1.29 is 19.5 Å². The summed E-state index contributed by atoms with van der Waals surface area (Å²) in [6.45, 7) is 4.82. The van der Waals surface area contributed by atoms with Gasteiger partial charge < -0.3 is 24.5 Å². The number of carbonyl (C=O) groups is 1. The lowest BCUT2D eigenvalue weighted by molar-refractivity contribution is -0.892. The number of likely N-dealkylation sites (N-methyl/N-ethyl adjacent to an activating group) is 1. The number of rotatable bonds is 6. The van der Waals surface area contributed by atoms with Crippen LogP contribution in [-0.4, -0.2) is 62.8 Å². The Morgan fingerprint density at radius 2 is 1.74 bits per heavy atom. The monoisotopic (exact) mass is 370 g/mol. The standard InChI is InChI=1S/C21H27N3O3/c1-22(15-17-3-9-20(27-2)10-4-17)21(26)16-23-11-13-24(14-12-23)18-5-7-19(25)8-6-18/h3-10,25H,11-16H2,1-2H3/p+1. The Morgan fingerprint density at radius 1 is 1.11 bits per heavy atom. The van der Waals surface area contributed by atoms with Crippen molar-refractivity contribution in [1.82, 2.24) is 4.90 Å². The molecular weight excluding hydrogens is 342 g/mol. The van der Waals surface area contributed by atoms with Crippen LogP contribution in [0.4, 0.5) is 5.69 Å². The molecule has 1 aliphatic heterocycles. The van der Waals surface area contributed by atoms with Gasteiger partial charge in [0.05, 0.1) is 33.3 Å². The second kappa shape index (κ2) is 8.77. The van der Waals surface area contributed by atoms with Gasteiger partial charge in [-0.05, 0) is 42.0 Å². The van der Waals surface area contributed by atoms with Gasteiger partial charge in [0.25, 0.3) is 5.91 Å². The summed E-state index contributed by atoms with van der Waals surface area (Å²) in [4.78, 5) is 18.0. The van der Waals surface area contributed by atoms with E-state index in [-0.39, 0.29) is 11.7 Å². The van der Waals surface area contributed by atoms with Gasteiger partial charge in [0, 0.05) is 19.3 Å². The minimum atomic E-state index is 0.166. The predicted octanol–water partition coefficient (Wildman–Crippen LogP) is 0.764. The summed E-state index contributed by atoms with van der Waals surface area (Å²) in [5.41, 5.74) is 2.22. The third-order valence-corrected chi connectivity index (χ3v) is 5.09. The van der Waals surface area contributed by atoms with Crippen molar-refractivity contribution >= 4 is 11.6 Å². The first-order valence-electron chi connectivity index (χ1n) is 9.29. The highest BCUT2D eigenvalue weighted by Crippen LogP contribution is 2.18. The van der Waals surface area contributed by atoms with Gasteiger partial charge in [0.2, 0.25) is 0 Å². The number of phenolic OH excluding ortho intramolecular Hbond substituents is 1. The molecule has 144 valence electrons. The quantitative estimate of drug-likeness (QED) is 0.789. The molecule has 2 aromatic rings. The highest BCUT2D eigenvalue weighted by molar-refractivity contribution is 5.76. The Hall–Kier alpha value is -2.73. The maximum absolute atomic E-state index is 12.6. The molecule has 6 heteroatoms. The first-order chi connectivity index (χ1) is 13.0. The number of nitrogens with one attached hydrogen (secondary N) is 1. The molecule has 0 bridgehead atoms. The first-order valence-corrected chi connectivity index (χ1v) is 9.29. The van der Waals surface area contributed by atoms with Crippen molar-refractivity contribution in [2.45, 2.75) is 6.54 Å². The number of nitrogens with zero attached hydrogens (tertiary/aromatic N) is 2. The molecule has 0 atom stereocenters. The number of methoxy groups -OCH3 is 1. The van der Waals surface area contributed by atoms with Crippen LogP contribution < -0.4 is 14.5 Å². The maximum atomic E-state index is 12.6. The van der Waals surface area contributed by atoms with Crippen LogP contribution in [-0.2, 0) is 11.3 Å². The predicted molar refractivity (Wildman–Crippen MR) is 105 cm³/mol. The van der Waals surface area contributed by atoms with Gasteiger partial charge in [0.15, 0.2) is 6.54 Å². The zero-order valence-corrected chi connectivity index (χ0v) is 16.0. The summed E-state index contributed by atoms with van der Waals surface area (Å²) >= 11 is 0. The third kappa shape index (κ3) is 5.14. The van der Waals surface area contributed by atoms with E-state index >= 15 is 0 Å². The van der Waals surface area contributed by atoms with Crippen molar-refractivity contribution in [1.29, 1.82) is 0 Å². The molecule has 0 aromatic heterocycles. The molecule has 0 spiro atoms. The van der Waals surface area contributed by atoms with E-state index in [1.54, 1.807) is 24.1 Å². The maximum Gasteiger partial charge on any atom is 0.277 e. The van der Waals surface area contributed by atoms with Crippen LogP contribution in [0.25, 0.3) is 0 Å². The zero-order chi connectivity index (χ0) is 19.2. The molecule has 0 radical (unpaired) electrons. The molecule has 6 nitrogen and oxygen atoms in total. The minimum Gasteiger partial charge on any atom is -0.508 e. The van der Waals surface area contributed by atoms with E-state index in [9.17, 15) is 9.90 Å². The van der Waals surface area contributed by atoms with E-state index in [0.717, 1.165) is 43.2 Å². The Kier molecular flexibility index (Phi) is 6.19. The van der Waals surface area contributed by atoms with Crippen LogP contribution in [0, 0.1) is 0 Å². The summed E-state index contributed by atoms with van der Waals surface area (Å²) < 4.78 is 5.17. The lowest BCUT2D eigenvalue weighted by Gasteiger charge is -2.34. The average molecular weight is 370 g/mol. The van der Waals surface area contributed by atoms with Gasteiger partial charge in [-0.15, -0.1) is 0 Å². The number of quaternary nitrogens is 1. The molecule has 1 saturated heterocycles. The Balaban J connectivity index is 1.46. The SMILES string of the molecule is COc1ccc(CN(C)C(=O)C[NH+]2CCN(c3ccc(O)cc3)CC2)cc1. The molecular formula is C21H28N3O3+. The van der Waals surface area contributed by atoms with Crippen molar-refractivity contribution in [3.05, 3.63) is 54.1 Å². The van der Waals surface area contributed by atoms with Crippen LogP contribution in [0.2, 0.25) is 0 Å². The van der Waals surface area contributed by atoms with E-state index < -0.39 is 0 Å². The molecule has 1 amide bonds. The number of benzene rings is 2. The summed E-state index contributed by atoms with van der Waals surface area (Å²) in [6, 6.07) is 15.1. The van der Waals surface area contributed by atoms with Crippen molar-refractivity contribution in [3.8, 4) is 11.5 Å². The van der Waals surface area contributed by atoms with E-state index in [1.807, 2.05) is 43.4 Å². The van der Waals surface area contributed by atoms with Gasteiger partial charge >= 0.3 is 0 Å². The fraction of sp³-hybridized carbons (Fsp3) is 0.381. The van der Waals surface area contributed by atoms with Gasteiger partial charge in [-0.1, -0.05) is 12.1 Å². The third-order valence-electron chi connectivity index (χ3n) is 5.09. The molecule has 3 rings (SSSR count). The zero-order valence-electron chi connectivity index (χ0n) is 16.0. The molecule has 0 unspecified atom stereocenters. The number of aromatic hydroxyl groups is 1. The van der Waals surface area contributed by atoms with Crippen molar-refractivity contribution in [2.24, 2.45) is 0 Å². The molecule has 1 aliphatic rings. The number of ether oxygens (including phenoxy) is 1. The number of piperazine rings is 1. The molecule has 27 heavy (non-hydrogen) atoms. The van der Waals surface area contributed by atoms with Gasteiger partial charge in [-0.3, -0.25) is 4.79 Å². The van der Waals surface area contributed by atoms with Gasteiger partial charge in [0.1, 0.15) is 11.5 Å². The normalized spacial score (nSPS) is 14.8. The van der Waals surface area contributed by atoms with Crippen LogP contribution in [0.15, 0.2) is 48.5 Å². The number of carbonyl (C=O) groups excluding carboxylic acids is 1. The molecule has 1 fully saturated rings. The number of phenols is 1. The van der Waals surface area contributed by atoms with Gasteiger partial charge in [-0.2, -0.15) is 0 Å². The van der Waals surface area contributed by atoms with Crippen molar-refractivity contribution in [2.75, 3.05) is 51.8 Å². The molecule has 2 N–H and O–H groups in total. The Bertz CT molecular complexity index is 738. The number of anilines is 1. The lowest BCUT2D eigenvalue weighted by atomic mass is 10.2. The van der Waals surface area contributed by atoms with Gasteiger partial charge in [-0.25, -0.2) is 0 Å². The smallest absolute Gasteiger partial charge is 0.277 e. The minimum absolute atomic E-state index is 0.166. The first kappa shape index (κ1) is 19.0. The lowest BCUT2D eigenvalue weighted by Crippen LogP contribution is -3.15. The topological polar surface area (TPSA) is 57.5 Å². The summed E-state index contributed by atoms with van der Waals surface area (Å²) in [5.74, 6) is 1.27. The fourth-order valence-electron chi connectivity index (χ4n) is 3.36. The van der Waals surface area contributed by atoms with Crippen LogP contribution in [0.3, 0.4) is 0 Å². The highest BCUT2D eigenvalue weighted by atomic mass is 16.5. The molecule has 0 saturated carbocycles. The highest BCUT2D eigenvalue weighted by Gasteiger charge is 2.23. The summed E-state index contributed by atoms with van der Waals surface area (Å²) in [7, 11) is 3.51. The van der Waals surface area contributed by atoms with Crippen molar-refractivity contribution in [3.63, 3.8) is 0 Å². The second-order valence-electron chi connectivity index (χ2n) is 7.03. The Labute approximate surface area is 160 Å². The largest absolute Gasteiger partial charge is 0.508 e. The molecule has 1 heterocycles. The fourth-order valence-corrected chi connectivity index (χ4v) is 3.36. The number of hydrogen-bond donors (Lipinski definition) is 2. The van der Waals surface area contributed by atoms with E-state index in [0.29, 0.717) is 13.1 Å². The molecule has 0 aliphatic carbocycles. The van der Waals surface area contributed by atoms with E-state index in [1.165, 1.54) is 4.90 Å². The number of hydrogen-bond acceptors (Lipinski definition) is 4. The summed E-state index contributed by atoms with van der Waals surface area (Å²) in [5, 5.41) is 9.41. The van der Waals surface area contributed by atoms with E-state index in [2.05, 4.69) is 4.90 Å². The second-order valence-corrected chi connectivity index (χ2v) is 7.03. The number of amides is 1. The van der Waals surface area contributed by atoms with Crippen LogP contribution in [0.1, 0.15) is 5.56 Å².